The van der Waals surface area contributed by atoms with Crippen LogP contribution < -0.4 is 16.0 Å². The minimum atomic E-state index is -0.0947. The van der Waals surface area contributed by atoms with E-state index < -0.39 is 0 Å². The number of nitrogens with zero attached hydrogens (tertiary/aromatic N) is 1. The standard InChI is InChI=1S/C10H24N4/c1-6-9(3,12-5)8-10(4,7-2)13-14-11/h12,14H,6-8H2,1-5H3,(H-,11,13). The molecule has 0 amide bonds. The van der Waals surface area contributed by atoms with Crippen LogP contribution in [0.25, 0.3) is 5.53 Å². The van der Waals surface area contributed by atoms with E-state index in [0.717, 1.165) is 19.3 Å². The molecule has 0 saturated heterocycles. The largest absolute Gasteiger partial charge is 0.315 e. The van der Waals surface area contributed by atoms with E-state index in [1.54, 1.807) is 0 Å². The molecule has 0 heterocycles. The van der Waals surface area contributed by atoms with E-state index in [0.29, 0.717) is 0 Å². The molecule has 4 nitrogen and oxygen atoms in total. The van der Waals surface area contributed by atoms with Crippen LogP contribution in [0, 0.1) is 0 Å². The maximum Gasteiger partial charge on any atom is 0.0216 e. The summed E-state index contributed by atoms with van der Waals surface area (Å²) in [7, 11) is 1.98. The Morgan fingerprint density at radius 2 is 1.64 bits per heavy atom. The third-order valence-electron chi connectivity index (χ3n) is 3.30. The van der Waals surface area contributed by atoms with Crippen molar-refractivity contribution < 1.29 is 5.22 Å². The maximum atomic E-state index is 8.69. The van der Waals surface area contributed by atoms with Crippen molar-refractivity contribution in [3.8, 4) is 0 Å². The Morgan fingerprint density at radius 3 is 1.93 bits per heavy atom. The van der Waals surface area contributed by atoms with E-state index in [1.165, 1.54) is 0 Å². The van der Waals surface area contributed by atoms with Crippen molar-refractivity contribution >= 4 is 0 Å². The van der Waals surface area contributed by atoms with Crippen molar-refractivity contribution in [3.63, 3.8) is 0 Å². The first kappa shape index (κ1) is 13.4. The van der Waals surface area contributed by atoms with E-state index in [-0.39, 0.29) is 11.1 Å². The van der Waals surface area contributed by atoms with Gasteiger partial charge in [-0.1, -0.05) is 20.8 Å². The Balaban J connectivity index is 4.49. The molecule has 0 bridgehead atoms. The zero-order chi connectivity index (χ0) is 11.2. The Kier molecular flexibility index (Phi) is 5.05. The lowest BCUT2D eigenvalue weighted by molar-refractivity contribution is -0.564. The van der Waals surface area contributed by atoms with Gasteiger partial charge in [-0.05, 0) is 33.2 Å². The summed E-state index contributed by atoms with van der Waals surface area (Å²) in [5.41, 5.74) is 11.6. The van der Waals surface area contributed by atoms with Crippen molar-refractivity contribution in [1.82, 2.24) is 10.7 Å². The van der Waals surface area contributed by atoms with Gasteiger partial charge in [0, 0.05) is 11.1 Å². The van der Waals surface area contributed by atoms with E-state index in [2.05, 4.69) is 43.7 Å². The highest BCUT2D eigenvalue weighted by molar-refractivity contribution is 4.91. The van der Waals surface area contributed by atoms with Crippen LogP contribution in [0.1, 0.15) is 47.0 Å². The molecule has 84 valence electrons. The van der Waals surface area contributed by atoms with E-state index in [9.17, 15) is 0 Å². The zero-order valence-electron chi connectivity index (χ0n) is 10.1. The van der Waals surface area contributed by atoms with Gasteiger partial charge in [-0.15, -0.1) is 0 Å². The van der Waals surface area contributed by atoms with E-state index in [1.807, 2.05) is 7.05 Å². The summed E-state index contributed by atoms with van der Waals surface area (Å²) in [4.78, 5) is 0. The van der Waals surface area contributed by atoms with Gasteiger partial charge in [0.1, 0.15) is 0 Å². The van der Waals surface area contributed by atoms with Gasteiger partial charge in [-0.25, -0.2) is 0 Å². The molecule has 4 heteroatoms. The number of nitrogens with one attached hydrogen (secondary N) is 3. The quantitative estimate of drug-likeness (QED) is 0.415. The molecule has 14 heavy (non-hydrogen) atoms. The summed E-state index contributed by atoms with van der Waals surface area (Å²) in [5, 5.41) is 5.38. The average Bonchev–Trinajstić information content (AvgIpc) is 2.18. The highest BCUT2D eigenvalue weighted by Crippen LogP contribution is 2.24. The van der Waals surface area contributed by atoms with Crippen LogP contribution in [0.5, 0.6) is 0 Å². The Bertz CT molecular complexity index is 177. The van der Waals surface area contributed by atoms with Crippen molar-refractivity contribution in [2.45, 2.75) is 58.0 Å². The summed E-state index contributed by atoms with van der Waals surface area (Å²) in [6.07, 6.45) is 2.97. The van der Waals surface area contributed by atoms with Crippen molar-refractivity contribution in [2.75, 3.05) is 7.05 Å². The SMILES string of the molecule is CCC(C)(CC(C)(CC)N[NH+]=[N-])NC. The fourth-order valence-corrected chi connectivity index (χ4v) is 1.64. The third-order valence-corrected chi connectivity index (χ3v) is 3.30. The Hall–Kier alpha value is -0.640. The first-order valence-corrected chi connectivity index (χ1v) is 5.30. The van der Waals surface area contributed by atoms with E-state index in [4.69, 9.17) is 5.53 Å². The van der Waals surface area contributed by atoms with Gasteiger partial charge in [0.15, 0.2) is 0 Å². The van der Waals surface area contributed by atoms with Gasteiger partial charge in [0.2, 0.25) is 0 Å². The minimum absolute atomic E-state index is 0.0947. The Morgan fingerprint density at radius 1 is 1.14 bits per heavy atom. The predicted molar refractivity (Wildman–Crippen MR) is 58.5 cm³/mol. The lowest BCUT2D eigenvalue weighted by Crippen LogP contribution is -2.82. The molecule has 0 aromatic heterocycles. The molecule has 0 aromatic carbocycles. The maximum absolute atomic E-state index is 8.69. The van der Waals surface area contributed by atoms with Gasteiger partial charge < -0.3 is 5.32 Å². The second kappa shape index (κ2) is 5.29. The molecule has 0 rings (SSSR count). The summed E-state index contributed by atoms with van der Waals surface area (Å²) in [6, 6.07) is 0. The van der Waals surface area contributed by atoms with Crippen LogP contribution in [0.3, 0.4) is 0 Å². The molecular weight excluding hydrogens is 176 g/mol. The van der Waals surface area contributed by atoms with Crippen LogP contribution in [-0.4, -0.2) is 18.1 Å². The zero-order valence-corrected chi connectivity index (χ0v) is 10.1. The third kappa shape index (κ3) is 3.62. The van der Waals surface area contributed by atoms with E-state index >= 15 is 0 Å². The molecule has 3 N–H and O–H groups in total. The average molecular weight is 200 g/mol. The summed E-state index contributed by atoms with van der Waals surface area (Å²) < 4.78 is 0. The predicted octanol–water partition coefficient (Wildman–Crippen LogP) is 0.540. The number of hydrogen-bond donors (Lipinski definition) is 3. The fourth-order valence-electron chi connectivity index (χ4n) is 1.64. The molecular formula is C10H24N4. The molecule has 0 spiro atoms. The van der Waals surface area contributed by atoms with Crippen LogP contribution in [0.2, 0.25) is 0 Å². The molecule has 0 aromatic rings. The topological polar surface area (TPSA) is 60.3 Å². The van der Waals surface area contributed by atoms with Crippen LogP contribution in [0.15, 0.2) is 0 Å². The minimum Gasteiger partial charge on any atom is -0.315 e. The molecule has 0 fully saturated rings. The van der Waals surface area contributed by atoms with Crippen LogP contribution in [0.4, 0.5) is 0 Å². The van der Waals surface area contributed by atoms with Gasteiger partial charge in [-0.2, -0.15) is 10.8 Å². The van der Waals surface area contributed by atoms with Gasteiger partial charge >= 0.3 is 0 Å². The smallest absolute Gasteiger partial charge is 0.0216 e. The molecule has 0 aliphatic rings. The van der Waals surface area contributed by atoms with Gasteiger partial charge in [0.25, 0.3) is 0 Å². The second-order valence-electron chi connectivity index (χ2n) is 4.49. The first-order chi connectivity index (χ1) is 6.45. The molecule has 0 saturated carbocycles. The monoisotopic (exact) mass is 200 g/mol. The normalized spacial score (nSPS) is 19.5. The summed E-state index contributed by atoms with van der Waals surface area (Å²) in [6.45, 7) is 8.57. The number of rotatable bonds is 7. The van der Waals surface area contributed by atoms with Crippen molar-refractivity contribution in [3.05, 3.63) is 5.53 Å². The second-order valence-corrected chi connectivity index (χ2v) is 4.49. The summed E-state index contributed by atoms with van der Waals surface area (Å²) in [5.74, 6) is 0. The lowest BCUT2D eigenvalue weighted by Gasteiger charge is -2.39. The molecule has 2 unspecified atom stereocenters. The Labute approximate surface area is 87.3 Å². The van der Waals surface area contributed by atoms with Crippen LogP contribution >= 0.6 is 0 Å². The first-order valence-electron chi connectivity index (χ1n) is 5.30. The summed E-state index contributed by atoms with van der Waals surface area (Å²) >= 11 is 0. The molecule has 0 aliphatic heterocycles. The van der Waals surface area contributed by atoms with Crippen LogP contribution in [-0.2, 0) is 0 Å². The highest BCUT2D eigenvalue weighted by Gasteiger charge is 2.30. The number of hydrazine groups is 1. The highest BCUT2D eigenvalue weighted by atomic mass is 15.4. The molecule has 2 atom stereocenters. The molecule has 0 radical (unpaired) electrons. The van der Waals surface area contributed by atoms with Crippen molar-refractivity contribution in [2.24, 2.45) is 0 Å². The lowest BCUT2D eigenvalue weighted by atomic mass is 9.81. The van der Waals surface area contributed by atoms with Gasteiger partial charge in [-0.3, -0.25) is 5.43 Å². The van der Waals surface area contributed by atoms with Gasteiger partial charge in [0.05, 0.1) is 0 Å². The van der Waals surface area contributed by atoms with Crippen molar-refractivity contribution in [1.29, 1.82) is 0 Å². The fraction of sp³-hybridized carbons (Fsp3) is 1.00. The molecule has 0 aliphatic carbocycles. The number of hydrogen-bond acceptors (Lipinski definition) is 1.